The summed E-state index contributed by atoms with van der Waals surface area (Å²) in [6.07, 6.45) is 7.44. The van der Waals surface area contributed by atoms with Crippen LogP contribution in [0, 0.1) is 5.92 Å². The van der Waals surface area contributed by atoms with Crippen LogP contribution in [0.3, 0.4) is 0 Å². The van der Waals surface area contributed by atoms with Crippen LogP contribution in [0.25, 0.3) is 11.5 Å². The molecular weight excluding hydrogens is 324 g/mol. The van der Waals surface area contributed by atoms with Crippen LogP contribution in [0.2, 0.25) is 0 Å². The first-order chi connectivity index (χ1) is 12.8. The third-order valence-electron chi connectivity index (χ3n) is 5.96. The summed E-state index contributed by atoms with van der Waals surface area (Å²) >= 11 is 0. The van der Waals surface area contributed by atoms with E-state index in [0.717, 1.165) is 37.4 Å². The number of benzene rings is 1. The van der Waals surface area contributed by atoms with Gasteiger partial charge in [0.25, 0.3) is 5.89 Å². The Bertz CT molecular complexity index is 879. The molecule has 1 aliphatic heterocycles. The number of hydrogen-bond acceptors (Lipinski definition) is 5. The fourth-order valence-corrected chi connectivity index (χ4v) is 4.75. The number of likely N-dealkylation sites (tertiary alicyclic amines) is 1. The molecular formula is C21H22N4O. The lowest BCUT2D eigenvalue weighted by Crippen LogP contribution is -2.33. The smallest absolute Gasteiger partial charge is 0.257 e. The van der Waals surface area contributed by atoms with Crippen LogP contribution in [0.5, 0.6) is 0 Å². The lowest BCUT2D eigenvalue weighted by molar-refractivity contribution is 0.286. The molecule has 5 nitrogen and oxygen atoms in total. The van der Waals surface area contributed by atoms with Gasteiger partial charge in [-0.3, -0.25) is 9.88 Å². The molecule has 1 saturated carbocycles. The van der Waals surface area contributed by atoms with E-state index in [0.29, 0.717) is 11.8 Å². The molecule has 1 aromatic carbocycles. The van der Waals surface area contributed by atoms with Gasteiger partial charge >= 0.3 is 0 Å². The zero-order chi connectivity index (χ0) is 17.4. The lowest BCUT2D eigenvalue weighted by Gasteiger charge is -2.25. The van der Waals surface area contributed by atoms with E-state index in [2.05, 4.69) is 21.1 Å². The maximum absolute atomic E-state index is 5.63. The Morgan fingerprint density at radius 1 is 1.15 bits per heavy atom. The Kier molecular flexibility index (Phi) is 3.82. The Morgan fingerprint density at radius 3 is 2.92 bits per heavy atom. The van der Waals surface area contributed by atoms with Crippen molar-refractivity contribution in [1.82, 2.24) is 20.0 Å². The molecule has 5 heteroatoms. The third kappa shape index (κ3) is 2.63. The van der Waals surface area contributed by atoms with Crippen molar-refractivity contribution in [1.29, 1.82) is 0 Å². The van der Waals surface area contributed by atoms with Gasteiger partial charge in [0, 0.05) is 37.6 Å². The predicted octanol–water partition coefficient (Wildman–Crippen LogP) is 3.69. The molecule has 0 bridgehead atoms. The van der Waals surface area contributed by atoms with Crippen molar-refractivity contribution in [2.24, 2.45) is 5.92 Å². The number of pyridine rings is 1. The highest BCUT2D eigenvalue weighted by Crippen LogP contribution is 2.50. The monoisotopic (exact) mass is 346 g/mol. The fraction of sp³-hybridized carbons (Fsp3) is 0.381. The van der Waals surface area contributed by atoms with Crippen LogP contribution in [0.1, 0.15) is 30.7 Å². The summed E-state index contributed by atoms with van der Waals surface area (Å²) in [6.45, 7) is 3.04. The highest BCUT2D eigenvalue weighted by Gasteiger charge is 2.53. The van der Waals surface area contributed by atoms with Gasteiger partial charge in [0.05, 0.1) is 5.41 Å². The Hall–Kier alpha value is -2.53. The summed E-state index contributed by atoms with van der Waals surface area (Å²) in [5.41, 5.74) is 2.29. The molecule has 2 atom stereocenters. The summed E-state index contributed by atoms with van der Waals surface area (Å²) < 4.78 is 5.63. The summed E-state index contributed by atoms with van der Waals surface area (Å²) in [6, 6.07) is 14.2. The van der Waals surface area contributed by atoms with E-state index < -0.39 is 0 Å². The Morgan fingerprint density at radius 2 is 2.08 bits per heavy atom. The van der Waals surface area contributed by atoms with Crippen LogP contribution < -0.4 is 0 Å². The van der Waals surface area contributed by atoms with Crippen LogP contribution in [-0.2, 0) is 12.0 Å². The first kappa shape index (κ1) is 15.7. The first-order valence-corrected chi connectivity index (χ1v) is 9.34. The fourth-order valence-electron chi connectivity index (χ4n) is 4.75. The molecule has 0 unspecified atom stereocenters. The third-order valence-corrected chi connectivity index (χ3v) is 5.96. The van der Waals surface area contributed by atoms with Gasteiger partial charge < -0.3 is 4.52 Å². The van der Waals surface area contributed by atoms with Crippen LogP contribution in [0.4, 0.5) is 0 Å². The van der Waals surface area contributed by atoms with Crippen LogP contribution in [0.15, 0.2) is 59.4 Å². The molecule has 0 amide bonds. The topological polar surface area (TPSA) is 55.1 Å². The molecule has 2 aromatic heterocycles. The Balaban J connectivity index is 1.41. The summed E-state index contributed by atoms with van der Waals surface area (Å²) in [4.78, 5) is 11.6. The van der Waals surface area contributed by atoms with Gasteiger partial charge in [0.15, 0.2) is 5.82 Å². The minimum atomic E-state index is 0.0404. The highest BCUT2D eigenvalue weighted by atomic mass is 16.5. The van der Waals surface area contributed by atoms with Gasteiger partial charge in [0.1, 0.15) is 0 Å². The minimum Gasteiger partial charge on any atom is -0.334 e. The van der Waals surface area contributed by atoms with E-state index in [4.69, 9.17) is 9.51 Å². The van der Waals surface area contributed by atoms with E-state index in [-0.39, 0.29) is 5.41 Å². The molecule has 3 aromatic rings. The van der Waals surface area contributed by atoms with E-state index in [1.54, 1.807) is 0 Å². The molecule has 3 heterocycles. The van der Waals surface area contributed by atoms with E-state index >= 15 is 0 Å². The highest BCUT2D eigenvalue weighted by molar-refractivity contribution is 5.52. The number of rotatable bonds is 4. The number of fused-ring (bicyclic) bond motifs is 1. The standard InChI is InChI=1S/C21H22N4O/c1-2-7-17(8-3-1)19-23-20(24-26-19)21-10-4-9-18(21)14-25(15-21)13-16-6-5-11-22-12-16/h1-3,5-8,11-12,18H,4,9-10,13-15H2/t18-,21-/m1/s1. The van der Waals surface area contributed by atoms with Crippen LogP contribution >= 0.6 is 0 Å². The second kappa shape index (κ2) is 6.32. The normalized spacial score (nSPS) is 25.5. The molecule has 2 aliphatic rings. The van der Waals surface area contributed by atoms with Crippen molar-refractivity contribution in [3.63, 3.8) is 0 Å². The number of aromatic nitrogens is 3. The van der Waals surface area contributed by atoms with Gasteiger partial charge in [-0.25, -0.2) is 0 Å². The minimum absolute atomic E-state index is 0.0404. The Labute approximate surface area is 153 Å². The largest absolute Gasteiger partial charge is 0.334 e. The van der Waals surface area contributed by atoms with Crippen LogP contribution in [-0.4, -0.2) is 33.1 Å². The van der Waals surface area contributed by atoms with Crippen molar-refractivity contribution in [2.75, 3.05) is 13.1 Å². The van der Waals surface area contributed by atoms with Crippen molar-refractivity contribution in [2.45, 2.75) is 31.2 Å². The second-order valence-electron chi connectivity index (χ2n) is 7.57. The molecule has 1 saturated heterocycles. The van der Waals surface area contributed by atoms with Gasteiger partial charge in [-0.1, -0.05) is 35.8 Å². The summed E-state index contributed by atoms with van der Waals surface area (Å²) in [7, 11) is 0. The van der Waals surface area contributed by atoms with Gasteiger partial charge in [-0.2, -0.15) is 4.98 Å². The van der Waals surface area contributed by atoms with Gasteiger partial charge in [-0.05, 0) is 42.5 Å². The predicted molar refractivity (Wildman–Crippen MR) is 98.3 cm³/mol. The zero-order valence-electron chi connectivity index (χ0n) is 14.7. The molecule has 132 valence electrons. The van der Waals surface area contributed by atoms with Gasteiger partial charge in [0.2, 0.25) is 0 Å². The molecule has 0 spiro atoms. The van der Waals surface area contributed by atoms with E-state index in [1.165, 1.54) is 18.4 Å². The molecule has 2 fully saturated rings. The SMILES string of the molecule is c1ccc(-c2nc([C@@]34CCC[C@@H]3CN(Cc3cccnc3)C4)no2)cc1. The van der Waals surface area contributed by atoms with Crippen molar-refractivity contribution < 1.29 is 4.52 Å². The van der Waals surface area contributed by atoms with Crippen molar-refractivity contribution in [3.05, 3.63) is 66.2 Å². The molecule has 0 N–H and O–H groups in total. The number of nitrogens with zero attached hydrogens (tertiary/aromatic N) is 4. The lowest BCUT2D eigenvalue weighted by atomic mass is 9.80. The zero-order valence-corrected chi connectivity index (χ0v) is 14.7. The van der Waals surface area contributed by atoms with Crippen molar-refractivity contribution in [3.8, 4) is 11.5 Å². The summed E-state index contributed by atoms with van der Waals surface area (Å²) in [5, 5.41) is 4.42. The number of hydrogen-bond donors (Lipinski definition) is 0. The molecule has 0 radical (unpaired) electrons. The maximum Gasteiger partial charge on any atom is 0.257 e. The average Bonchev–Trinajstić information content (AvgIpc) is 3.37. The summed E-state index contributed by atoms with van der Waals surface area (Å²) in [5.74, 6) is 2.14. The van der Waals surface area contributed by atoms with Crippen molar-refractivity contribution >= 4 is 0 Å². The second-order valence-corrected chi connectivity index (χ2v) is 7.57. The van der Waals surface area contributed by atoms with E-state index in [1.807, 2.05) is 48.8 Å². The molecule has 5 rings (SSSR count). The van der Waals surface area contributed by atoms with Gasteiger partial charge in [-0.15, -0.1) is 0 Å². The quantitative estimate of drug-likeness (QED) is 0.721. The molecule has 26 heavy (non-hydrogen) atoms. The average molecular weight is 346 g/mol. The van der Waals surface area contributed by atoms with E-state index in [9.17, 15) is 0 Å². The molecule has 1 aliphatic carbocycles. The first-order valence-electron chi connectivity index (χ1n) is 9.34. The maximum atomic E-state index is 5.63.